The van der Waals surface area contributed by atoms with Crippen molar-refractivity contribution in [3.05, 3.63) is 47.7 Å². The molecule has 3 aromatic heterocycles. The van der Waals surface area contributed by atoms with Crippen molar-refractivity contribution >= 4 is 22.6 Å². The summed E-state index contributed by atoms with van der Waals surface area (Å²) in [7, 11) is 0. The highest BCUT2D eigenvalue weighted by atomic mass is 19.3. The Morgan fingerprint density at radius 1 is 1.27 bits per heavy atom. The van der Waals surface area contributed by atoms with Crippen molar-refractivity contribution < 1.29 is 22.6 Å². The number of aromatic nitrogens is 5. The number of nitrogens with zero attached hydrogens (tertiary/aromatic N) is 5. The van der Waals surface area contributed by atoms with Crippen LogP contribution in [0.5, 0.6) is 5.75 Å². The Morgan fingerprint density at radius 2 is 2.08 bits per heavy atom. The zero-order valence-corrected chi connectivity index (χ0v) is 19.9. The lowest BCUT2D eigenvalue weighted by Crippen LogP contribution is -2.51. The highest BCUT2D eigenvalue weighted by molar-refractivity contribution is 5.94. The first-order valence-electron chi connectivity index (χ1n) is 11.9. The first kappa shape index (κ1) is 23.6. The van der Waals surface area contributed by atoms with Gasteiger partial charge in [0.25, 0.3) is 0 Å². The van der Waals surface area contributed by atoms with Crippen LogP contribution in [0.2, 0.25) is 0 Å². The van der Waals surface area contributed by atoms with Crippen LogP contribution in [0.15, 0.2) is 30.6 Å². The highest BCUT2D eigenvalue weighted by Crippen LogP contribution is 2.42. The molecule has 192 valence electrons. The van der Waals surface area contributed by atoms with E-state index in [0.29, 0.717) is 29.0 Å². The third kappa shape index (κ3) is 3.95. The number of rotatable bonds is 3. The number of hydrogen-bond donors (Lipinski definition) is 2. The summed E-state index contributed by atoms with van der Waals surface area (Å²) in [5.74, 6) is 4.66. The van der Waals surface area contributed by atoms with Gasteiger partial charge >= 0.3 is 6.61 Å². The first-order valence-corrected chi connectivity index (χ1v) is 11.9. The van der Waals surface area contributed by atoms with Crippen LogP contribution in [-0.4, -0.2) is 63.0 Å². The van der Waals surface area contributed by atoms with Crippen molar-refractivity contribution in [1.29, 1.82) is 0 Å². The Labute approximate surface area is 209 Å². The van der Waals surface area contributed by atoms with E-state index in [0.717, 1.165) is 37.9 Å². The quantitative estimate of drug-likeness (QED) is 0.407. The Morgan fingerprint density at radius 3 is 2.81 bits per heavy atom. The minimum Gasteiger partial charge on any atom is -0.432 e. The van der Waals surface area contributed by atoms with Gasteiger partial charge in [-0.15, -0.1) is 0 Å². The minimum absolute atomic E-state index is 0.0135. The molecule has 3 N–H and O–H groups in total. The number of piperidine rings is 1. The van der Waals surface area contributed by atoms with Crippen molar-refractivity contribution in [2.24, 2.45) is 11.1 Å². The molecule has 0 bridgehead atoms. The third-order valence-electron chi connectivity index (χ3n) is 7.42. The smallest absolute Gasteiger partial charge is 0.387 e. The van der Waals surface area contributed by atoms with Crippen LogP contribution in [0, 0.1) is 23.1 Å². The number of halogens is 3. The minimum atomic E-state index is -3.14. The van der Waals surface area contributed by atoms with Gasteiger partial charge in [0, 0.05) is 36.9 Å². The van der Waals surface area contributed by atoms with Gasteiger partial charge in [0.05, 0.1) is 23.7 Å². The number of alkyl halides is 2. The molecule has 0 saturated carbocycles. The van der Waals surface area contributed by atoms with E-state index < -0.39 is 18.2 Å². The highest BCUT2D eigenvalue weighted by Gasteiger charge is 2.47. The molecule has 0 unspecified atom stereocenters. The predicted molar refractivity (Wildman–Crippen MR) is 129 cm³/mol. The van der Waals surface area contributed by atoms with E-state index in [2.05, 4.69) is 36.7 Å². The van der Waals surface area contributed by atoms with Gasteiger partial charge < -0.3 is 20.1 Å². The Bertz CT molecular complexity index is 1530. The molecule has 2 saturated heterocycles. The number of fused-ring (bicyclic) bond motifs is 3. The van der Waals surface area contributed by atoms with Gasteiger partial charge in [0.15, 0.2) is 22.9 Å². The van der Waals surface area contributed by atoms with Gasteiger partial charge in [-0.3, -0.25) is 9.50 Å². The van der Waals surface area contributed by atoms with Crippen molar-refractivity contribution in [2.75, 3.05) is 24.6 Å². The maximum absolute atomic E-state index is 14.6. The second-order valence-electron chi connectivity index (χ2n) is 9.47. The lowest BCUT2D eigenvalue weighted by atomic mass is 9.73. The molecule has 2 aliphatic rings. The average molecular weight is 512 g/mol. The fourth-order valence-corrected chi connectivity index (χ4v) is 5.29. The number of imidazole rings is 1. The number of nitrogens with two attached hydrogens (primary N) is 1. The summed E-state index contributed by atoms with van der Waals surface area (Å²) < 4.78 is 51.6. The molecular formula is C25H24F3N7O2. The van der Waals surface area contributed by atoms with Crippen LogP contribution >= 0.6 is 0 Å². The topological polar surface area (TPSA) is 107 Å². The van der Waals surface area contributed by atoms with Crippen LogP contribution in [0.1, 0.15) is 31.0 Å². The number of ether oxygens (including phenoxy) is 2. The number of aromatic amines is 1. The number of anilines is 1. The van der Waals surface area contributed by atoms with Crippen molar-refractivity contribution in [3.63, 3.8) is 0 Å². The van der Waals surface area contributed by atoms with Crippen LogP contribution in [0.25, 0.3) is 16.7 Å². The van der Waals surface area contributed by atoms with E-state index in [1.54, 1.807) is 6.20 Å². The molecule has 0 amide bonds. The summed E-state index contributed by atoms with van der Waals surface area (Å²) >= 11 is 0. The molecule has 12 heteroatoms. The third-order valence-corrected chi connectivity index (χ3v) is 7.42. The summed E-state index contributed by atoms with van der Waals surface area (Å²) in [5.41, 5.74) is 7.76. The van der Waals surface area contributed by atoms with Crippen molar-refractivity contribution in [3.8, 4) is 17.6 Å². The SMILES string of the molecule is C[C@@H]1OCC2(CCN(c3nc4[nH]nc(C#Cc5cccc(OC(F)F)c5F)c4c4nccn34)CC2)[C@@H]1N. The summed E-state index contributed by atoms with van der Waals surface area (Å²) in [6, 6.07) is 3.90. The van der Waals surface area contributed by atoms with E-state index in [9.17, 15) is 13.2 Å². The van der Waals surface area contributed by atoms with Crippen LogP contribution in [0.4, 0.5) is 19.1 Å². The van der Waals surface area contributed by atoms with Crippen LogP contribution < -0.4 is 15.4 Å². The second kappa shape index (κ2) is 8.93. The van der Waals surface area contributed by atoms with E-state index in [4.69, 9.17) is 15.5 Å². The summed E-state index contributed by atoms with van der Waals surface area (Å²) in [5, 5.41) is 7.74. The molecule has 0 radical (unpaired) electrons. The van der Waals surface area contributed by atoms with Crippen LogP contribution in [-0.2, 0) is 4.74 Å². The molecule has 2 atom stereocenters. The molecule has 9 nitrogen and oxygen atoms in total. The second-order valence-corrected chi connectivity index (χ2v) is 9.47. The predicted octanol–water partition coefficient (Wildman–Crippen LogP) is 3.08. The monoisotopic (exact) mass is 511 g/mol. The van der Waals surface area contributed by atoms with E-state index in [1.165, 1.54) is 12.1 Å². The summed E-state index contributed by atoms with van der Waals surface area (Å²) in [4.78, 5) is 11.5. The van der Waals surface area contributed by atoms with Gasteiger partial charge in [-0.2, -0.15) is 18.9 Å². The number of nitrogens with one attached hydrogen (secondary N) is 1. The molecule has 1 aromatic carbocycles. The van der Waals surface area contributed by atoms with Gasteiger partial charge in [-0.25, -0.2) is 9.37 Å². The average Bonchev–Trinajstić information content (AvgIpc) is 3.59. The molecule has 2 aliphatic heterocycles. The number of H-pyrrole nitrogens is 1. The molecule has 1 spiro atoms. The Kier molecular flexibility index (Phi) is 5.69. The molecule has 0 aliphatic carbocycles. The molecular weight excluding hydrogens is 487 g/mol. The zero-order chi connectivity index (χ0) is 25.7. The maximum Gasteiger partial charge on any atom is 0.387 e. The van der Waals surface area contributed by atoms with Gasteiger partial charge in [0.2, 0.25) is 5.95 Å². The summed E-state index contributed by atoms with van der Waals surface area (Å²) in [6.07, 6.45) is 5.34. The summed E-state index contributed by atoms with van der Waals surface area (Å²) in [6.45, 7) is 1.10. The Balaban J connectivity index is 1.32. The first-order chi connectivity index (χ1) is 17.9. The fourth-order valence-electron chi connectivity index (χ4n) is 5.29. The fraction of sp³-hybridized carbons (Fsp3) is 0.400. The number of hydrogen-bond acceptors (Lipinski definition) is 7. The van der Waals surface area contributed by atoms with E-state index in [1.807, 2.05) is 17.5 Å². The van der Waals surface area contributed by atoms with E-state index >= 15 is 0 Å². The van der Waals surface area contributed by atoms with Gasteiger partial charge in [-0.05, 0) is 37.8 Å². The molecule has 2 fully saturated rings. The standard InChI is InChI=1S/C25H24F3N7O2/c1-14-20(29)25(13-36-14)7-10-34(11-8-25)24-31-21-18(22-30-9-12-35(22)24)16(32-33-21)6-5-15-3-2-4-17(19(15)26)37-23(27)28/h2-4,9,12,14,20,23H,7-8,10-11,13,29H2,1H3,(H,32,33)/t14-,20+/m0/s1. The Hall–Kier alpha value is -3.82. The van der Waals surface area contributed by atoms with E-state index in [-0.39, 0.29) is 23.1 Å². The number of benzene rings is 1. The maximum atomic E-state index is 14.6. The molecule has 6 rings (SSSR count). The lowest BCUT2D eigenvalue weighted by Gasteiger charge is -2.41. The van der Waals surface area contributed by atoms with Gasteiger partial charge in [0.1, 0.15) is 5.69 Å². The zero-order valence-electron chi connectivity index (χ0n) is 19.9. The van der Waals surface area contributed by atoms with Gasteiger partial charge in [-0.1, -0.05) is 12.0 Å². The molecule has 37 heavy (non-hydrogen) atoms. The van der Waals surface area contributed by atoms with Crippen molar-refractivity contribution in [2.45, 2.75) is 38.5 Å². The normalized spacial score (nSPS) is 21.2. The van der Waals surface area contributed by atoms with Crippen LogP contribution in [0.3, 0.4) is 0 Å². The molecule has 5 heterocycles. The largest absolute Gasteiger partial charge is 0.432 e. The lowest BCUT2D eigenvalue weighted by molar-refractivity contribution is -0.0522. The van der Waals surface area contributed by atoms with Crippen molar-refractivity contribution in [1.82, 2.24) is 24.6 Å². The molecule has 4 aromatic rings.